The van der Waals surface area contributed by atoms with Crippen LogP contribution in [0.1, 0.15) is 32.6 Å². The Labute approximate surface area is 100 Å². The van der Waals surface area contributed by atoms with Crippen molar-refractivity contribution in [1.29, 1.82) is 0 Å². The molecule has 0 radical (unpaired) electrons. The molecule has 1 heterocycles. The van der Waals surface area contributed by atoms with Crippen LogP contribution in [-0.4, -0.2) is 4.98 Å². The number of nitrogens with two attached hydrogens (primary N) is 1. The Morgan fingerprint density at radius 2 is 2.00 bits per heavy atom. The summed E-state index contributed by atoms with van der Waals surface area (Å²) >= 11 is 1.67. The fourth-order valence-electron chi connectivity index (χ4n) is 1.79. The van der Waals surface area contributed by atoms with E-state index in [1.54, 1.807) is 11.3 Å². The first-order chi connectivity index (χ1) is 7.59. The molecule has 2 rings (SSSR count). The van der Waals surface area contributed by atoms with Gasteiger partial charge in [-0.25, -0.2) is 4.98 Å². The molecule has 0 aliphatic rings. The molecule has 1 aromatic heterocycles. The van der Waals surface area contributed by atoms with Crippen molar-refractivity contribution >= 4 is 11.3 Å². The second-order valence-electron chi connectivity index (χ2n) is 4.05. The number of aromatic nitrogens is 1. The Balaban J connectivity index is 2.41. The number of aryl methyl sites for hydroxylation is 2. The Hall–Kier alpha value is -1.19. The lowest BCUT2D eigenvalue weighted by molar-refractivity contribution is 0.875. The third-order valence-corrected chi connectivity index (χ3v) is 3.92. The zero-order valence-electron chi connectivity index (χ0n) is 9.82. The SMILES string of the molecule is Cc1ncc(C(N)c2cccc(C)c2C)s1. The van der Waals surface area contributed by atoms with Crippen LogP contribution >= 0.6 is 11.3 Å². The first-order valence-corrected chi connectivity index (χ1v) is 6.15. The Morgan fingerprint density at radius 3 is 2.62 bits per heavy atom. The quantitative estimate of drug-likeness (QED) is 0.864. The van der Waals surface area contributed by atoms with Gasteiger partial charge in [-0.2, -0.15) is 0 Å². The molecular formula is C13H16N2S. The van der Waals surface area contributed by atoms with Gasteiger partial charge >= 0.3 is 0 Å². The van der Waals surface area contributed by atoms with Crippen molar-refractivity contribution in [2.24, 2.45) is 5.73 Å². The summed E-state index contributed by atoms with van der Waals surface area (Å²) < 4.78 is 0. The number of rotatable bonds is 2. The van der Waals surface area contributed by atoms with E-state index in [0.717, 1.165) is 9.88 Å². The molecule has 0 saturated carbocycles. The van der Waals surface area contributed by atoms with Crippen LogP contribution in [0.5, 0.6) is 0 Å². The van der Waals surface area contributed by atoms with Gasteiger partial charge in [0, 0.05) is 11.1 Å². The average Bonchev–Trinajstić information content (AvgIpc) is 2.68. The number of nitrogens with zero attached hydrogens (tertiary/aromatic N) is 1. The Kier molecular flexibility index (Phi) is 3.08. The highest BCUT2D eigenvalue weighted by Crippen LogP contribution is 2.27. The first kappa shape index (κ1) is 11.3. The third-order valence-electron chi connectivity index (χ3n) is 2.93. The molecule has 0 amide bonds. The van der Waals surface area contributed by atoms with Crippen LogP contribution in [0, 0.1) is 20.8 Å². The fourth-order valence-corrected chi connectivity index (χ4v) is 2.59. The van der Waals surface area contributed by atoms with E-state index in [1.165, 1.54) is 16.7 Å². The summed E-state index contributed by atoms with van der Waals surface area (Å²) in [5.41, 5.74) is 10.0. The summed E-state index contributed by atoms with van der Waals surface area (Å²) in [7, 11) is 0. The van der Waals surface area contributed by atoms with Crippen LogP contribution in [-0.2, 0) is 0 Å². The summed E-state index contributed by atoms with van der Waals surface area (Å²) in [5.74, 6) is 0. The van der Waals surface area contributed by atoms with Gasteiger partial charge in [-0.05, 0) is 37.5 Å². The fraction of sp³-hybridized carbons (Fsp3) is 0.308. The molecule has 1 unspecified atom stereocenters. The van der Waals surface area contributed by atoms with Gasteiger partial charge in [-0.1, -0.05) is 18.2 Å². The minimum atomic E-state index is -0.0499. The summed E-state index contributed by atoms with van der Waals surface area (Å²) in [6, 6.07) is 6.22. The molecule has 1 aromatic carbocycles. The van der Waals surface area contributed by atoms with E-state index in [9.17, 15) is 0 Å². The van der Waals surface area contributed by atoms with Crippen molar-refractivity contribution in [2.45, 2.75) is 26.8 Å². The second-order valence-corrected chi connectivity index (χ2v) is 5.31. The predicted molar refractivity (Wildman–Crippen MR) is 68.8 cm³/mol. The van der Waals surface area contributed by atoms with Crippen molar-refractivity contribution in [1.82, 2.24) is 4.98 Å². The van der Waals surface area contributed by atoms with Crippen molar-refractivity contribution in [3.8, 4) is 0 Å². The van der Waals surface area contributed by atoms with Gasteiger partial charge < -0.3 is 5.73 Å². The minimum absolute atomic E-state index is 0.0499. The van der Waals surface area contributed by atoms with Crippen molar-refractivity contribution in [3.63, 3.8) is 0 Å². The number of hydrogen-bond donors (Lipinski definition) is 1. The largest absolute Gasteiger partial charge is 0.320 e. The topological polar surface area (TPSA) is 38.9 Å². The molecule has 0 aliphatic carbocycles. The first-order valence-electron chi connectivity index (χ1n) is 5.33. The Morgan fingerprint density at radius 1 is 1.25 bits per heavy atom. The van der Waals surface area contributed by atoms with Gasteiger partial charge in [0.25, 0.3) is 0 Å². The van der Waals surface area contributed by atoms with Gasteiger partial charge in [0.1, 0.15) is 0 Å². The lowest BCUT2D eigenvalue weighted by atomic mass is 9.97. The van der Waals surface area contributed by atoms with Gasteiger partial charge in [0.05, 0.1) is 11.0 Å². The smallest absolute Gasteiger partial charge is 0.0897 e. The zero-order chi connectivity index (χ0) is 11.7. The Bertz CT molecular complexity index is 502. The van der Waals surface area contributed by atoms with Crippen LogP contribution in [0.2, 0.25) is 0 Å². The van der Waals surface area contributed by atoms with Gasteiger partial charge in [-0.3, -0.25) is 0 Å². The van der Waals surface area contributed by atoms with Crippen molar-refractivity contribution in [3.05, 3.63) is 51.0 Å². The highest BCUT2D eigenvalue weighted by atomic mass is 32.1. The maximum atomic E-state index is 6.27. The summed E-state index contributed by atoms with van der Waals surface area (Å²) in [4.78, 5) is 5.38. The molecule has 84 valence electrons. The molecule has 1 atom stereocenters. The number of thiazole rings is 1. The van der Waals surface area contributed by atoms with Crippen LogP contribution in [0.25, 0.3) is 0 Å². The lowest BCUT2D eigenvalue weighted by Gasteiger charge is -2.14. The molecule has 0 bridgehead atoms. The van der Waals surface area contributed by atoms with E-state index in [-0.39, 0.29) is 6.04 Å². The average molecular weight is 232 g/mol. The van der Waals surface area contributed by atoms with Crippen LogP contribution in [0.4, 0.5) is 0 Å². The van der Waals surface area contributed by atoms with Gasteiger partial charge in [0.2, 0.25) is 0 Å². The monoisotopic (exact) mass is 232 g/mol. The van der Waals surface area contributed by atoms with Gasteiger partial charge in [0.15, 0.2) is 0 Å². The zero-order valence-corrected chi connectivity index (χ0v) is 10.6. The molecule has 0 fully saturated rings. The van der Waals surface area contributed by atoms with E-state index in [1.807, 2.05) is 13.1 Å². The maximum Gasteiger partial charge on any atom is 0.0897 e. The van der Waals surface area contributed by atoms with E-state index in [4.69, 9.17) is 5.73 Å². The van der Waals surface area contributed by atoms with E-state index in [2.05, 4.69) is 37.0 Å². The van der Waals surface area contributed by atoms with Crippen molar-refractivity contribution < 1.29 is 0 Å². The molecular weight excluding hydrogens is 216 g/mol. The number of benzene rings is 1. The third kappa shape index (κ3) is 2.01. The lowest BCUT2D eigenvalue weighted by Crippen LogP contribution is -2.12. The van der Waals surface area contributed by atoms with E-state index in [0.29, 0.717) is 0 Å². The standard InChI is InChI=1S/C13H16N2S/c1-8-5-4-6-11(9(8)2)13(14)12-7-15-10(3)16-12/h4-7,13H,14H2,1-3H3. The van der Waals surface area contributed by atoms with E-state index < -0.39 is 0 Å². The van der Waals surface area contributed by atoms with Crippen LogP contribution in [0.3, 0.4) is 0 Å². The maximum absolute atomic E-state index is 6.27. The molecule has 3 heteroatoms. The molecule has 16 heavy (non-hydrogen) atoms. The number of hydrogen-bond acceptors (Lipinski definition) is 3. The van der Waals surface area contributed by atoms with Crippen molar-refractivity contribution in [2.75, 3.05) is 0 Å². The van der Waals surface area contributed by atoms with Crippen LogP contribution < -0.4 is 5.73 Å². The highest BCUT2D eigenvalue weighted by molar-refractivity contribution is 7.11. The summed E-state index contributed by atoms with van der Waals surface area (Å²) in [6.07, 6.45) is 1.88. The predicted octanol–water partition coefficient (Wildman–Crippen LogP) is 3.12. The molecule has 0 spiro atoms. The second kappa shape index (κ2) is 4.36. The summed E-state index contributed by atoms with van der Waals surface area (Å²) in [5, 5.41) is 1.07. The molecule has 2 nitrogen and oxygen atoms in total. The van der Waals surface area contributed by atoms with Crippen LogP contribution in [0.15, 0.2) is 24.4 Å². The van der Waals surface area contributed by atoms with Gasteiger partial charge in [-0.15, -0.1) is 11.3 Å². The normalized spacial score (nSPS) is 12.8. The van der Waals surface area contributed by atoms with E-state index >= 15 is 0 Å². The molecule has 2 aromatic rings. The molecule has 0 aliphatic heterocycles. The minimum Gasteiger partial charge on any atom is -0.320 e. The molecule has 2 N–H and O–H groups in total. The summed E-state index contributed by atoms with van der Waals surface area (Å²) in [6.45, 7) is 6.24. The highest BCUT2D eigenvalue weighted by Gasteiger charge is 2.14. The molecule has 0 saturated heterocycles.